The summed E-state index contributed by atoms with van der Waals surface area (Å²) in [6, 6.07) is 2.26. The molecule has 118 valence electrons. The van der Waals surface area contributed by atoms with E-state index in [-0.39, 0.29) is 26.5 Å². The Morgan fingerprint density at radius 1 is 1.48 bits per heavy atom. The third kappa shape index (κ3) is 4.65. The molecule has 0 radical (unpaired) electrons. The Morgan fingerprint density at radius 2 is 2.05 bits per heavy atom. The molecule has 0 unspecified atom stereocenters. The summed E-state index contributed by atoms with van der Waals surface area (Å²) in [6.45, 7) is 3.47. The Labute approximate surface area is 136 Å². The number of carboxylic acids is 1. The summed E-state index contributed by atoms with van der Waals surface area (Å²) in [4.78, 5) is 10.9. The van der Waals surface area contributed by atoms with E-state index in [4.69, 9.17) is 21.4 Å². The average Bonchev–Trinajstić information content (AvgIpc) is 2.39. The first-order valence-electron chi connectivity index (χ1n) is 5.77. The monoisotopic (exact) mass is 399 g/mol. The zero-order valence-corrected chi connectivity index (χ0v) is 14.8. The zero-order valence-electron chi connectivity index (χ0n) is 11.6. The van der Waals surface area contributed by atoms with E-state index >= 15 is 0 Å². The van der Waals surface area contributed by atoms with Crippen molar-refractivity contribution in [1.82, 2.24) is 4.72 Å². The van der Waals surface area contributed by atoms with Gasteiger partial charge in [-0.2, -0.15) is 0 Å². The molecule has 21 heavy (non-hydrogen) atoms. The molecule has 0 bridgehead atoms. The van der Waals surface area contributed by atoms with Gasteiger partial charge in [0.2, 0.25) is 10.0 Å². The number of ether oxygens (including phenoxy) is 1. The van der Waals surface area contributed by atoms with Crippen LogP contribution in [0.4, 0.5) is 0 Å². The molecule has 0 atom stereocenters. The Hall–Kier alpha value is -0.670. The third-order valence-electron chi connectivity index (χ3n) is 2.78. The Balaban J connectivity index is 3.18. The minimum absolute atomic E-state index is 0.0362. The molecule has 1 rings (SSSR count). The molecular formula is C12H15BrClNO5S. The third-order valence-corrected chi connectivity index (χ3v) is 5.42. The van der Waals surface area contributed by atoms with E-state index < -0.39 is 21.6 Å². The van der Waals surface area contributed by atoms with Crippen LogP contribution in [0.3, 0.4) is 0 Å². The molecular weight excluding hydrogens is 386 g/mol. The van der Waals surface area contributed by atoms with Crippen LogP contribution in [0.2, 0.25) is 5.02 Å². The van der Waals surface area contributed by atoms with Crippen molar-refractivity contribution in [1.29, 1.82) is 0 Å². The minimum Gasteiger partial charge on any atom is -0.478 e. The van der Waals surface area contributed by atoms with Crippen LogP contribution in [0.5, 0.6) is 0 Å². The van der Waals surface area contributed by atoms with E-state index in [0.29, 0.717) is 0 Å². The van der Waals surface area contributed by atoms with E-state index in [1.807, 2.05) is 0 Å². The molecule has 6 nitrogen and oxygen atoms in total. The van der Waals surface area contributed by atoms with Crippen LogP contribution in [0.15, 0.2) is 21.5 Å². The number of carbonyl (C=O) groups is 1. The maximum Gasteiger partial charge on any atom is 0.337 e. The first kappa shape index (κ1) is 18.4. The smallest absolute Gasteiger partial charge is 0.337 e. The van der Waals surface area contributed by atoms with E-state index in [9.17, 15) is 13.2 Å². The summed E-state index contributed by atoms with van der Waals surface area (Å²) in [5.41, 5.74) is -0.982. The van der Waals surface area contributed by atoms with Crippen LogP contribution < -0.4 is 4.72 Å². The van der Waals surface area contributed by atoms with Gasteiger partial charge >= 0.3 is 5.97 Å². The summed E-state index contributed by atoms with van der Waals surface area (Å²) in [6.07, 6.45) is 0. The molecule has 0 saturated heterocycles. The van der Waals surface area contributed by atoms with Crippen molar-refractivity contribution in [3.05, 3.63) is 27.2 Å². The van der Waals surface area contributed by atoms with Gasteiger partial charge in [0.15, 0.2) is 0 Å². The number of halogens is 2. The van der Waals surface area contributed by atoms with Crippen LogP contribution in [0.1, 0.15) is 24.2 Å². The molecule has 2 N–H and O–H groups in total. The van der Waals surface area contributed by atoms with Crippen molar-refractivity contribution in [2.45, 2.75) is 24.3 Å². The van der Waals surface area contributed by atoms with Gasteiger partial charge in [0.1, 0.15) is 0 Å². The average molecular weight is 401 g/mol. The maximum atomic E-state index is 12.2. The first-order chi connectivity index (χ1) is 9.50. The fourth-order valence-electron chi connectivity index (χ4n) is 1.30. The van der Waals surface area contributed by atoms with Gasteiger partial charge in [-0.05, 0) is 41.9 Å². The maximum absolute atomic E-state index is 12.2. The molecule has 0 aliphatic heterocycles. The van der Waals surface area contributed by atoms with Crippen molar-refractivity contribution in [3.63, 3.8) is 0 Å². The summed E-state index contributed by atoms with van der Waals surface area (Å²) in [5.74, 6) is -1.31. The topological polar surface area (TPSA) is 92.7 Å². The summed E-state index contributed by atoms with van der Waals surface area (Å²) >= 11 is 8.87. The zero-order chi connectivity index (χ0) is 16.4. The quantitative estimate of drug-likeness (QED) is 0.765. The molecule has 0 aromatic heterocycles. The second-order valence-electron chi connectivity index (χ2n) is 4.86. The number of hydrogen-bond donors (Lipinski definition) is 2. The van der Waals surface area contributed by atoms with E-state index in [2.05, 4.69) is 20.7 Å². The van der Waals surface area contributed by atoms with Crippen LogP contribution in [0, 0.1) is 0 Å². The normalized spacial score (nSPS) is 12.4. The van der Waals surface area contributed by atoms with Gasteiger partial charge in [0, 0.05) is 18.1 Å². The number of hydrogen-bond acceptors (Lipinski definition) is 4. The standard InChI is InChI=1S/C12H15BrClNO5S/c1-12(2,20-3)6-15-21(18,19)7-4-8(11(16)17)10(14)9(13)5-7/h4-5,15H,6H2,1-3H3,(H,16,17). The lowest BCUT2D eigenvalue weighted by Gasteiger charge is -2.23. The lowest BCUT2D eigenvalue weighted by molar-refractivity contribution is 0.0276. The van der Waals surface area contributed by atoms with E-state index in [1.54, 1.807) is 13.8 Å². The van der Waals surface area contributed by atoms with E-state index in [0.717, 1.165) is 6.07 Å². The first-order valence-corrected chi connectivity index (χ1v) is 8.43. The van der Waals surface area contributed by atoms with Crippen molar-refractivity contribution >= 4 is 43.5 Å². The van der Waals surface area contributed by atoms with Crippen LogP contribution in [-0.2, 0) is 14.8 Å². The van der Waals surface area contributed by atoms with Crippen molar-refractivity contribution < 1.29 is 23.1 Å². The molecule has 0 spiro atoms. The van der Waals surface area contributed by atoms with E-state index in [1.165, 1.54) is 13.2 Å². The highest BCUT2D eigenvalue weighted by Crippen LogP contribution is 2.30. The fraction of sp³-hybridized carbons (Fsp3) is 0.417. The summed E-state index contributed by atoms with van der Waals surface area (Å²) in [5, 5.41) is 8.98. The number of benzene rings is 1. The van der Waals surface area contributed by atoms with Gasteiger partial charge in [0.05, 0.1) is 21.1 Å². The predicted molar refractivity (Wildman–Crippen MR) is 82.4 cm³/mol. The van der Waals surface area contributed by atoms with Crippen molar-refractivity contribution in [3.8, 4) is 0 Å². The number of rotatable bonds is 6. The second kappa shape index (κ2) is 6.62. The molecule has 0 saturated carbocycles. The van der Waals surface area contributed by atoms with Crippen LogP contribution in [0.25, 0.3) is 0 Å². The largest absolute Gasteiger partial charge is 0.478 e. The lowest BCUT2D eigenvalue weighted by atomic mass is 10.1. The Morgan fingerprint density at radius 3 is 2.52 bits per heavy atom. The number of methoxy groups -OCH3 is 1. The van der Waals surface area contributed by atoms with Crippen molar-refractivity contribution in [2.24, 2.45) is 0 Å². The SMILES string of the molecule is COC(C)(C)CNS(=O)(=O)c1cc(Br)c(Cl)c(C(=O)O)c1. The number of aromatic carboxylic acids is 1. The fourth-order valence-corrected chi connectivity index (χ4v) is 3.35. The molecule has 0 aliphatic rings. The van der Waals surface area contributed by atoms with Crippen molar-refractivity contribution in [2.75, 3.05) is 13.7 Å². The van der Waals surface area contributed by atoms with Gasteiger partial charge in [0.25, 0.3) is 0 Å². The molecule has 1 aromatic carbocycles. The summed E-state index contributed by atoms with van der Waals surface area (Å²) < 4.78 is 32.1. The molecule has 0 heterocycles. The highest BCUT2D eigenvalue weighted by molar-refractivity contribution is 9.10. The van der Waals surface area contributed by atoms with Crippen LogP contribution in [-0.4, -0.2) is 38.7 Å². The summed E-state index contributed by atoms with van der Waals surface area (Å²) in [7, 11) is -2.41. The number of nitrogens with one attached hydrogen (secondary N) is 1. The number of carboxylic acid groups (broad SMARTS) is 1. The van der Waals surface area contributed by atoms with Gasteiger partial charge < -0.3 is 9.84 Å². The molecule has 0 amide bonds. The molecule has 0 fully saturated rings. The van der Waals surface area contributed by atoms with Gasteiger partial charge in [-0.3, -0.25) is 0 Å². The minimum atomic E-state index is -3.88. The number of sulfonamides is 1. The predicted octanol–water partition coefficient (Wildman–Crippen LogP) is 2.50. The molecule has 1 aromatic rings. The molecule has 0 aliphatic carbocycles. The lowest BCUT2D eigenvalue weighted by Crippen LogP contribution is -2.39. The highest BCUT2D eigenvalue weighted by Gasteiger charge is 2.24. The molecule has 9 heteroatoms. The Bertz CT molecular complexity index is 660. The van der Waals surface area contributed by atoms with Gasteiger partial charge in [-0.1, -0.05) is 11.6 Å². The highest BCUT2D eigenvalue weighted by atomic mass is 79.9. The Kier molecular flexibility index (Phi) is 5.79. The second-order valence-corrected chi connectivity index (χ2v) is 7.86. The van der Waals surface area contributed by atoms with Crippen LogP contribution >= 0.6 is 27.5 Å². The van der Waals surface area contributed by atoms with Gasteiger partial charge in [-0.15, -0.1) is 0 Å². The van der Waals surface area contributed by atoms with Gasteiger partial charge in [-0.25, -0.2) is 17.9 Å².